The summed E-state index contributed by atoms with van der Waals surface area (Å²) in [6.07, 6.45) is 2.76. The number of amides is 1. The van der Waals surface area contributed by atoms with E-state index in [9.17, 15) is 4.79 Å². The topological polar surface area (TPSA) is 68.0 Å². The fourth-order valence-electron chi connectivity index (χ4n) is 4.00. The fourth-order valence-corrected chi connectivity index (χ4v) is 4.00. The Kier molecular flexibility index (Phi) is 3.91. The van der Waals surface area contributed by atoms with Gasteiger partial charge in [-0.25, -0.2) is 4.98 Å². The summed E-state index contributed by atoms with van der Waals surface area (Å²) >= 11 is 0. The standard InChI is InChI=1S/C22H23N3O/c1-14-19(17-9-8-16-11-20(23)24-13-18(16)10-17)12-22(14,2)25-21(26)15-6-4-3-5-7-15/h3-11,13-14,19H,12H2,1-2H3,(H2,23,24)(H,25,26). The number of anilines is 1. The second kappa shape index (κ2) is 6.13. The van der Waals surface area contributed by atoms with Crippen LogP contribution in [0.3, 0.4) is 0 Å². The van der Waals surface area contributed by atoms with Crippen LogP contribution >= 0.6 is 0 Å². The van der Waals surface area contributed by atoms with E-state index in [1.807, 2.05) is 42.6 Å². The molecule has 4 nitrogen and oxygen atoms in total. The van der Waals surface area contributed by atoms with Crippen LogP contribution in [0.4, 0.5) is 5.82 Å². The van der Waals surface area contributed by atoms with E-state index in [1.165, 1.54) is 5.56 Å². The molecule has 1 heterocycles. The molecule has 0 spiro atoms. The molecule has 0 saturated heterocycles. The molecule has 1 aliphatic carbocycles. The van der Waals surface area contributed by atoms with E-state index in [1.54, 1.807) is 0 Å². The molecule has 4 heteroatoms. The molecule has 132 valence electrons. The lowest BCUT2D eigenvalue weighted by Crippen LogP contribution is -2.60. The first-order valence-electron chi connectivity index (χ1n) is 8.99. The Hall–Kier alpha value is -2.88. The predicted octanol–water partition coefficient (Wildman–Crippen LogP) is 4.13. The SMILES string of the molecule is CC1C(c2ccc3cc(N)ncc3c2)CC1(C)NC(=O)c1ccccc1. The summed E-state index contributed by atoms with van der Waals surface area (Å²) in [5.74, 6) is 1.32. The monoisotopic (exact) mass is 345 g/mol. The summed E-state index contributed by atoms with van der Waals surface area (Å²) in [5.41, 5.74) is 7.57. The number of hydrogen-bond acceptors (Lipinski definition) is 3. The minimum Gasteiger partial charge on any atom is -0.384 e. The lowest BCUT2D eigenvalue weighted by atomic mass is 9.58. The van der Waals surface area contributed by atoms with Crippen molar-refractivity contribution in [2.24, 2.45) is 5.92 Å². The van der Waals surface area contributed by atoms with Crippen molar-refractivity contribution in [3.05, 3.63) is 71.9 Å². The number of carbonyl (C=O) groups is 1. The molecule has 1 saturated carbocycles. The minimum atomic E-state index is -0.189. The van der Waals surface area contributed by atoms with Crippen molar-refractivity contribution in [3.8, 4) is 0 Å². The highest BCUT2D eigenvalue weighted by Gasteiger charge is 2.49. The van der Waals surface area contributed by atoms with E-state index in [-0.39, 0.29) is 11.4 Å². The number of nitrogens with two attached hydrogens (primary N) is 1. The average molecular weight is 345 g/mol. The van der Waals surface area contributed by atoms with Gasteiger partial charge in [0.15, 0.2) is 0 Å². The van der Waals surface area contributed by atoms with Crippen LogP contribution in [0.25, 0.3) is 10.8 Å². The van der Waals surface area contributed by atoms with Crippen LogP contribution in [0.1, 0.15) is 42.1 Å². The second-order valence-corrected chi connectivity index (χ2v) is 7.55. The molecule has 1 aromatic heterocycles. The number of aromatic nitrogens is 1. The maximum atomic E-state index is 12.5. The molecular formula is C22H23N3O. The highest BCUT2D eigenvalue weighted by atomic mass is 16.1. The van der Waals surface area contributed by atoms with Crippen molar-refractivity contribution in [1.29, 1.82) is 0 Å². The molecule has 0 radical (unpaired) electrons. The number of nitrogens with one attached hydrogen (secondary N) is 1. The van der Waals surface area contributed by atoms with E-state index in [2.05, 4.69) is 42.3 Å². The number of hydrogen-bond donors (Lipinski definition) is 2. The minimum absolute atomic E-state index is 0.00316. The normalized spacial score (nSPS) is 24.8. The van der Waals surface area contributed by atoms with E-state index >= 15 is 0 Å². The fraction of sp³-hybridized carbons (Fsp3) is 0.273. The first-order chi connectivity index (χ1) is 12.5. The number of pyridine rings is 1. The highest BCUT2D eigenvalue weighted by Crippen LogP contribution is 2.50. The van der Waals surface area contributed by atoms with Crippen molar-refractivity contribution in [1.82, 2.24) is 10.3 Å². The molecule has 3 atom stereocenters. The highest BCUT2D eigenvalue weighted by molar-refractivity contribution is 5.94. The lowest BCUT2D eigenvalue weighted by molar-refractivity contribution is 0.0602. The van der Waals surface area contributed by atoms with Gasteiger partial charge < -0.3 is 11.1 Å². The van der Waals surface area contributed by atoms with Crippen LogP contribution in [0, 0.1) is 5.92 Å². The van der Waals surface area contributed by atoms with Gasteiger partial charge in [-0.05, 0) is 60.4 Å². The van der Waals surface area contributed by atoms with Crippen molar-refractivity contribution < 1.29 is 4.79 Å². The molecule has 0 bridgehead atoms. The summed E-state index contributed by atoms with van der Waals surface area (Å²) in [5, 5.41) is 5.44. The van der Waals surface area contributed by atoms with E-state index in [0.717, 1.165) is 17.2 Å². The molecule has 26 heavy (non-hydrogen) atoms. The maximum absolute atomic E-state index is 12.5. The Bertz CT molecular complexity index is 970. The van der Waals surface area contributed by atoms with Crippen LogP contribution in [-0.2, 0) is 0 Å². The molecule has 1 amide bonds. The zero-order chi connectivity index (χ0) is 18.3. The number of carbonyl (C=O) groups excluding carboxylic acids is 1. The second-order valence-electron chi connectivity index (χ2n) is 7.55. The Morgan fingerprint density at radius 3 is 2.65 bits per heavy atom. The van der Waals surface area contributed by atoms with Gasteiger partial charge in [0.1, 0.15) is 5.82 Å². The Balaban J connectivity index is 1.51. The first kappa shape index (κ1) is 16.6. The summed E-state index contributed by atoms with van der Waals surface area (Å²) in [4.78, 5) is 16.7. The van der Waals surface area contributed by atoms with Gasteiger partial charge in [0.25, 0.3) is 5.91 Å². The number of fused-ring (bicyclic) bond motifs is 1. The van der Waals surface area contributed by atoms with Gasteiger partial charge in [0, 0.05) is 22.7 Å². The lowest BCUT2D eigenvalue weighted by Gasteiger charge is -2.52. The molecule has 0 aliphatic heterocycles. The molecule has 1 fully saturated rings. The van der Waals surface area contributed by atoms with Gasteiger partial charge in [0.2, 0.25) is 0 Å². The summed E-state index contributed by atoms with van der Waals surface area (Å²) < 4.78 is 0. The molecule has 4 rings (SSSR count). The van der Waals surface area contributed by atoms with Gasteiger partial charge >= 0.3 is 0 Å². The van der Waals surface area contributed by atoms with Gasteiger partial charge in [-0.1, -0.05) is 37.3 Å². The third kappa shape index (κ3) is 2.81. The van der Waals surface area contributed by atoms with E-state index in [0.29, 0.717) is 23.2 Å². The molecule has 3 N–H and O–H groups in total. The van der Waals surface area contributed by atoms with E-state index < -0.39 is 0 Å². The van der Waals surface area contributed by atoms with Gasteiger partial charge in [-0.2, -0.15) is 0 Å². The van der Waals surface area contributed by atoms with Crippen molar-refractivity contribution >= 4 is 22.5 Å². The molecule has 3 aromatic rings. The van der Waals surface area contributed by atoms with Crippen molar-refractivity contribution in [2.75, 3.05) is 5.73 Å². The number of nitrogens with zero attached hydrogens (tertiary/aromatic N) is 1. The molecular weight excluding hydrogens is 322 g/mol. The van der Waals surface area contributed by atoms with Crippen LogP contribution in [0.15, 0.2) is 60.8 Å². The Morgan fingerprint density at radius 1 is 1.15 bits per heavy atom. The number of rotatable bonds is 3. The predicted molar refractivity (Wildman–Crippen MR) is 105 cm³/mol. The zero-order valence-electron chi connectivity index (χ0n) is 15.1. The largest absolute Gasteiger partial charge is 0.384 e. The van der Waals surface area contributed by atoms with Crippen molar-refractivity contribution in [3.63, 3.8) is 0 Å². The zero-order valence-corrected chi connectivity index (χ0v) is 15.1. The van der Waals surface area contributed by atoms with Crippen LogP contribution < -0.4 is 11.1 Å². The molecule has 1 aliphatic rings. The van der Waals surface area contributed by atoms with Crippen LogP contribution in [0.5, 0.6) is 0 Å². The summed E-state index contributed by atoms with van der Waals surface area (Å²) in [7, 11) is 0. The van der Waals surface area contributed by atoms with Crippen LogP contribution in [-0.4, -0.2) is 16.4 Å². The average Bonchev–Trinajstić information content (AvgIpc) is 2.66. The molecule has 2 aromatic carbocycles. The number of benzene rings is 2. The van der Waals surface area contributed by atoms with Crippen LogP contribution in [0.2, 0.25) is 0 Å². The Morgan fingerprint density at radius 2 is 1.92 bits per heavy atom. The smallest absolute Gasteiger partial charge is 0.251 e. The van der Waals surface area contributed by atoms with Gasteiger partial charge in [-0.3, -0.25) is 4.79 Å². The summed E-state index contributed by atoms with van der Waals surface area (Å²) in [6, 6.07) is 17.8. The number of nitrogen functional groups attached to an aromatic ring is 1. The maximum Gasteiger partial charge on any atom is 0.251 e. The van der Waals surface area contributed by atoms with E-state index in [4.69, 9.17) is 5.73 Å². The van der Waals surface area contributed by atoms with Gasteiger partial charge in [-0.15, -0.1) is 0 Å². The Labute approximate surface area is 153 Å². The molecule has 3 unspecified atom stereocenters. The third-order valence-corrected chi connectivity index (χ3v) is 5.88. The summed E-state index contributed by atoms with van der Waals surface area (Å²) in [6.45, 7) is 4.35. The van der Waals surface area contributed by atoms with Crippen molar-refractivity contribution in [2.45, 2.75) is 31.7 Å². The quantitative estimate of drug-likeness (QED) is 0.750. The third-order valence-electron chi connectivity index (χ3n) is 5.88. The first-order valence-corrected chi connectivity index (χ1v) is 8.99. The van der Waals surface area contributed by atoms with Gasteiger partial charge in [0.05, 0.1) is 0 Å².